The lowest BCUT2D eigenvalue weighted by Gasteiger charge is -2.24. The molecule has 41 heavy (non-hydrogen) atoms. The minimum Gasteiger partial charge on any atom is -0.466 e. The summed E-state index contributed by atoms with van der Waals surface area (Å²) >= 11 is 0. The number of carbonyl (C=O) groups excluding carboxylic acids is 3. The molecule has 1 saturated heterocycles. The molecule has 0 saturated carbocycles. The highest BCUT2D eigenvalue weighted by Gasteiger charge is 2.56. The molecule has 0 N–H and O–H groups in total. The van der Waals surface area contributed by atoms with E-state index in [0.717, 1.165) is 0 Å². The van der Waals surface area contributed by atoms with Crippen molar-refractivity contribution in [1.82, 2.24) is 0 Å². The summed E-state index contributed by atoms with van der Waals surface area (Å²) in [6.07, 6.45) is 0.640. The number of esters is 3. The summed E-state index contributed by atoms with van der Waals surface area (Å²) < 4.78 is 30.1. The van der Waals surface area contributed by atoms with Crippen LogP contribution in [-0.2, 0) is 52.8 Å². The topological polar surface area (TPSA) is 132 Å². The highest BCUT2D eigenvalue weighted by Crippen LogP contribution is 2.42. The number of rotatable bonds is 12. The Balaban J connectivity index is 0.000000337. The van der Waals surface area contributed by atoms with E-state index in [1.165, 1.54) is 7.11 Å². The van der Waals surface area contributed by atoms with E-state index in [2.05, 4.69) is 17.9 Å². The second-order valence-electron chi connectivity index (χ2n) is 8.43. The summed E-state index contributed by atoms with van der Waals surface area (Å²) in [4.78, 5) is 42.8. The number of hydrogen-bond donors (Lipinski definition) is 0. The van der Waals surface area contributed by atoms with Crippen LogP contribution in [-0.4, -0.2) is 61.8 Å². The first kappa shape index (κ1) is 35.4. The molecular formula is C29H38O11Si. The molecule has 0 atom stereocenters. The number of benzene rings is 2. The van der Waals surface area contributed by atoms with Crippen LogP contribution < -0.4 is 0 Å². The van der Waals surface area contributed by atoms with Crippen molar-refractivity contribution in [2.24, 2.45) is 0 Å². The minimum absolute atomic E-state index is 0.316. The Hall–Kier alpha value is -3.65. The maximum atomic E-state index is 11.9. The predicted molar refractivity (Wildman–Crippen MR) is 151 cm³/mol. The van der Waals surface area contributed by atoms with Crippen LogP contribution in [0.3, 0.4) is 0 Å². The molecule has 0 bridgehead atoms. The van der Waals surface area contributed by atoms with Crippen molar-refractivity contribution in [3.8, 4) is 0 Å². The molecule has 12 heteroatoms. The Labute approximate surface area is 241 Å². The molecule has 0 spiro atoms. The van der Waals surface area contributed by atoms with Crippen molar-refractivity contribution in [1.29, 1.82) is 0 Å². The van der Waals surface area contributed by atoms with E-state index >= 15 is 0 Å². The summed E-state index contributed by atoms with van der Waals surface area (Å²) in [5.74, 6) is -2.59. The Kier molecular flexibility index (Phi) is 15.5. The normalized spacial score (nSPS) is 12.7. The monoisotopic (exact) mass is 590 g/mol. The van der Waals surface area contributed by atoms with Crippen LogP contribution in [0.25, 0.3) is 0 Å². The van der Waals surface area contributed by atoms with Crippen molar-refractivity contribution in [2.45, 2.75) is 32.3 Å². The fraction of sp³-hybridized carbons (Fsp3) is 0.345. The molecule has 1 aliphatic heterocycles. The van der Waals surface area contributed by atoms with Crippen LogP contribution in [0.5, 0.6) is 0 Å². The first-order chi connectivity index (χ1) is 19.5. The predicted octanol–water partition coefficient (Wildman–Crippen LogP) is 4.73. The van der Waals surface area contributed by atoms with Gasteiger partial charge in [-0.1, -0.05) is 49.6 Å². The first-order valence-electron chi connectivity index (χ1n) is 12.4. The number of methoxy groups -OCH3 is 1. The lowest BCUT2D eigenvalue weighted by Crippen LogP contribution is -2.42. The number of ether oxygens (including phenoxy) is 3. The van der Waals surface area contributed by atoms with E-state index in [0.29, 0.717) is 41.3 Å². The van der Waals surface area contributed by atoms with Crippen molar-refractivity contribution < 1.29 is 51.6 Å². The summed E-state index contributed by atoms with van der Waals surface area (Å²) in [5, 5.41) is 0. The molecule has 3 rings (SSSR count). The van der Waals surface area contributed by atoms with Gasteiger partial charge in [0.05, 0.1) is 24.8 Å². The Bertz CT molecular complexity index is 1120. The summed E-state index contributed by atoms with van der Waals surface area (Å²) in [6.45, 7) is 10.4. The lowest BCUT2D eigenvalue weighted by molar-refractivity contribution is -0.139. The molecule has 11 nitrogen and oxygen atoms in total. The Morgan fingerprint density at radius 2 is 1.27 bits per heavy atom. The van der Waals surface area contributed by atoms with Gasteiger partial charge in [-0.05, 0) is 44.5 Å². The maximum Gasteiger partial charge on any atom is 0.500 e. The molecule has 0 aliphatic carbocycles. The molecular weight excluding hydrogens is 552 g/mol. The molecule has 2 aromatic rings. The van der Waals surface area contributed by atoms with Gasteiger partial charge in [-0.2, -0.15) is 0 Å². The van der Waals surface area contributed by atoms with Crippen LogP contribution in [0, 0.1) is 0 Å². The van der Waals surface area contributed by atoms with Crippen LogP contribution in [0.4, 0.5) is 0 Å². The molecule has 1 fully saturated rings. The number of carbonyl (C=O) groups is 3. The molecule has 224 valence electrons. The van der Waals surface area contributed by atoms with E-state index in [-0.39, 0.29) is 11.9 Å². The zero-order valence-corrected chi connectivity index (χ0v) is 25.3. The van der Waals surface area contributed by atoms with Crippen LogP contribution in [0.2, 0.25) is 6.04 Å². The second kappa shape index (κ2) is 17.9. The van der Waals surface area contributed by atoms with Crippen molar-refractivity contribution in [2.75, 3.05) is 35.0 Å². The van der Waals surface area contributed by atoms with Crippen LogP contribution in [0.15, 0.2) is 85.0 Å². The van der Waals surface area contributed by atoms with E-state index in [4.69, 9.17) is 32.5 Å². The molecule has 0 unspecified atom stereocenters. The van der Waals surface area contributed by atoms with Gasteiger partial charge in [0.25, 0.3) is 0 Å². The average molecular weight is 591 g/mol. The third-order valence-corrected chi connectivity index (χ3v) is 8.11. The fourth-order valence-corrected chi connectivity index (χ4v) is 4.62. The zero-order chi connectivity index (χ0) is 30.9. The highest BCUT2D eigenvalue weighted by atomic mass is 28.4. The fourth-order valence-electron chi connectivity index (χ4n) is 2.93. The summed E-state index contributed by atoms with van der Waals surface area (Å²) in [6, 6.07) is 18.3. The van der Waals surface area contributed by atoms with Gasteiger partial charge in [0.1, 0.15) is 0 Å². The molecule has 2 aromatic carbocycles. The van der Waals surface area contributed by atoms with Crippen molar-refractivity contribution >= 4 is 26.7 Å². The second-order valence-corrected chi connectivity index (χ2v) is 11.5. The van der Waals surface area contributed by atoms with Gasteiger partial charge in [-0.15, -0.1) is 9.78 Å². The van der Waals surface area contributed by atoms with Gasteiger partial charge in [-0.25, -0.2) is 14.4 Å². The third-order valence-electron chi connectivity index (χ3n) is 5.27. The first-order valence-corrected chi connectivity index (χ1v) is 14.4. The number of hydrogen-bond acceptors (Lipinski definition) is 11. The molecule has 0 radical (unpaired) electrons. The maximum absolute atomic E-state index is 11.9. The van der Waals surface area contributed by atoms with Crippen molar-refractivity contribution in [3.05, 3.63) is 96.1 Å². The van der Waals surface area contributed by atoms with Gasteiger partial charge in [0.15, 0.2) is 0 Å². The van der Waals surface area contributed by atoms with Gasteiger partial charge >= 0.3 is 32.7 Å². The van der Waals surface area contributed by atoms with E-state index in [1.807, 2.05) is 24.3 Å². The third kappa shape index (κ3) is 12.2. The molecule has 0 amide bonds. The Morgan fingerprint density at radius 3 is 1.66 bits per heavy atom. The zero-order valence-electron chi connectivity index (χ0n) is 24.3. The van der Waals surface area contributed by atoms with Crippen LogP contribution >= 0.6 is 0 Å². The summed E-state index contributed by atoms with van der Waals surface area (Å²) in [7, 11) is 3.46. The highest BCUT2D eigenvalue weighted by molar-refractivity contribution is 6.60. The van der Waals surface area contributed by atoms with Gasteiger partial charge in [0, 0.05) is 38.5 Å². The standard InChI is InChI=1S/C14H10O4.C10H20O5Si.C5H8O2/c15-13(11-7-3-1-4-8-11)16-14(17-18-14)12-9-5-2-6-10-12;1-9(2)10(11)15-7-6-8-16(12-3,13-4)14-5;1-4(2)5(6)7-3/h1-10H;1,6-8H2,2-5H3;1H2,2-3H3. The Morgan fingerprint density at radius 1 is 0.780 bits per heavy atom. The quantitative estimate of drug-likeness (QED) is 0.0647. The minimum atomic E-state index is -2.53. The largest absolute Gasteiger partial charge is 0.500 e. The van der Waals surface area contributed by atoms with E-state index < -0.39 is 20.7 Å². The molecule has 1 heterocycles. The SMILES string of the molecule is C=C(C)C(=O)OC.C=C(C)C(=O)OCCC[Si](OC)(OC)OC.O=C(OC1(c2ccccc2)OO1)c1ccccc1. The van der Waals surface area contributed by atoms with Crippen LogP contribution in [0.1, 0.15) is 36.2 Å². The summed E-state index contributed by atoms with van der Waals surface area (Å²) in [5.41, 5.74) is 1.93. The van der Waals surface area contributed by atoms with E-state index in [9.17, 15) is 14.4 Å². The lowest BCUT2D eigenvalue weighted by atomic mass is 10.2. The van der Waals surface area contributed by atoms with E-state index in [1.54, 1.807) is 71.6 Å². The van der Waals surface area contributed by atoms with Gasteiger partial charge < -0.3 is 27.5 Å². The molecule has 0 aromatic heterocycles. The van der Waals surface area contributed by atoms with Crippen molar-refractivity contribution in [3.63, 3.8) is 0 Å². The smallest absolute Gasteiger partial charge is 0.466 e. The van der Waals surface area contributed by atoms with Gasteiger partial charge in [0.2, 0.25) is 0 Å². The molecule has 1 aliphatic rings. The average Bonchev–Trinajstić information content (AvgIpc) is 3.79. The van der Waals surface area contributed by atoms with Gasteiger partial charge in [-0.3, -0.25) is 0 Å².